The van der Waals surface area contributed by atoms with E-state index in [-0.39, 0.29) is 6.09 Å². The average molecular weight is 510 g/mol. The highest BCUT2D eigenvalue weighted by molar-refractivity contribution is 5.70. The molecule has 1 fully saturated rings. The zero-order valence-electron chi connectivity index (χ0n) is 21.5. The molecule has 2 aromatic heterocycles. The van der Waals surface area contributed by atoms with Crippen LogP contribution in [0.15, 0.2) is 91.3 Å². The van der Waals surface area contributed by atoms with E-state index in [2.05, 4.69) is 16.0 Å². The summed E-state index contributed by atoms with van der Waals surface area (Å²) in [6, 6.07) is 24.8. The molecule has 38 heavy (non-hydrogen) atoms. The van der Waals surface area contributed by atoms with Crippen molar-refractivity contribution in [3.63, 3.8) is 0 Å². The lowest BCUT2D eigenvalue weighted by Crippen LogP contribution is -2.41. The summed E-state index contributed by atoms with van der Waals surface area (Å²) in [5.74, 6) is 3.00. The fraction of sp³-hybridized carbons (Fsp3) is 0.258. The van der Waals surface area contributed by atoms with Crippen molar-refractivity contribution in [3.05, 3.63) is 108 Å². The Labute approximate surface area is 223 Å². The van der Waals surface area contributed by atoms with E-state index >= 15 is 0 Å². The molecule has 0 atom stereocenters. The van der Waals surface area contributed by atoms with Gasteiger partial charge in [0.1, 0.15) is 17.2 Å². The summed E-state index contributed by atoms with van der Waals surface area (Å²) >= 11 is 0. The third-order valence-corrected chi connectivity index (χ3v) is 6.53. The molecule has 7 nitrogen and oxygen atoms in total. The van der Waals surface area contributed by atoms with Crippen molar-refractivity contribution in [2.24, 2.45) is 5.92 Å². The Kier molecular flexibility index (Phi) is 8.13. The van der Waals surface area contributed by atoms with Crippen LogP contribution >= 0.6 is 0 Å². The highest BCUT2D eigenvalue weighted by Crippen LogP contribution is 2.25. The number of hydrogen-bond donors (Lipinski definition) is 0. The van der Waals surface area contributed by atoms with Crippen molar-refractivity contribution in [2.45, 2.75) is 26.2 Å². The van der Waals surface area contributed by atoms with Crippen molar-refractivity contribution in [2.75, 3.05) is 19.7 Å². The maximum atomic E-state index is 12.7. The Bertz CT molecular complexity index is 1300. The molecule has 194 valence electrons. The SMILES string of the molecule is Cc1ccc(Cc2ccc(OC(=O)N3CCC(COc4ccc(Oc5ccccn5)cc4)CC3)cc2)nc1. The van der Waals surface area contributed by atoms with E-state index in [1.54, 1.807) is 11.1 Å². The minimum Gasteiger partial charge on any atom is -0.493 e. The summed E-state index contributed by atoms with van der Waals surface area (Å²) in [6.07, 6.45) is 5.75. The molecule has 1 amide bonds. The van der Waals surface area contributed by atoms with Gasteiger partial charge in [-0.25, -0.2) is 9.78 Å². The molecular formula is C31H31N3O4. The molecule has 7 heteroatoms. The average Bonchev–Trinajstić information content (AvgIpc) is 2.96. The van der Waals surface area contributed by atoms with Crippen molar-refractivity contribution < 1.29 is 19.0 Å². The summed E-state index contributed by atoms with van der Waals surface area (Å²) in [4.78, 5) is 23.1. The lowest BCUT2D eigenvalue weighted by atomic mass is 9.98. The molecule has 4 aromatic rings. The lowest BCUT2D eigenvalue weighted by Gasteiger charge is -2.31. The van der Waals surface area contributed by atoms with Gasteiger partial charge in [-0.3, -0.25) is 4.98 Å². The first-order valence-corrected chi connectivity index (χ1v) is 12.9. The number of nitrogens with zero attached hydrogens (tertiary/aromatic N) is 3. The zero-order chi connectivity index (χ0) is 26.2. The van der Waals surface area contributed by atoms with Crippen LogP contribution in [-0.2, 0) is 6.42 Å². The largest absolute Gasteiger partial charge is 0.493 e. The van der Waals surface area contributed by atoms with Crippen LogP contribution in [0.3, 0.4) is 0 Å². The van der Waals surface area contributed by atoms with Gasteiger partial charge < -0.3 is 19.1 Å². The Morgan fingerprint density at radius 3 is 2.29 bits per heavy atom. The number of aryl methyl sites for hydroxylation is 1. The van der Waals surface area contributed by atoms with Crippen molar-refractivity contribution in [1.29, 1.82) is 0 Å². The third-order valence-electron chi connectivity index (χ3n) is 6.53. The van der Waals surface area contributed by atoms with E-state index in [0.717, 1.165) is 41.8 Å². The molecule has 5 rings (SSSR count). The van der Waals surface area contributed by atoms with Crippen LogP contribution in [0.2, 0.25) is 0 Å². The van der Waals surface area contributed by atoms with Crippen molar-refractivity contribution in [1.82, 2.24) is 14.9 Å². The summed E-state index contributed by atoms with van der Waals surface area (Å²) < 4.78 is 17.3. The van der Waals surface area contributed by atoms with E-state index in [1.807, 2.05) is 85.9 Å². The van der Waals surface area contributed by atoms with Gasteiger partial charge in [-0.05, 0) is 85.3 Å². The number of ether oxygens (including phenoxy) is 3. The lowest BCUT2D eigenvalue weighted by molar-refractivity contribution is 0.117. The molecule has 0 radical (unpaired) electrons. The molecule has 2 aromatic carbocycles. The van der Waals surface area contributed by atoms with Crippen LogP contribution in [-0.4, -0.2) is 40.7 Å². The van der Waals surface area contributed by atoms with Gasteiger partial charge in [-0.15, -0.1) is 0 Å². The van der Waals surface area contributed by atoms with Crippen LogP contribution in [0.1, 0.15) is 29.7 Å². The highest BCUT2D eigenvalue weighted by Gasteiger charge is 2.24. The zero-order valence-corrected chi connectivity index (χ0v) is 21.5. The van der Waals surface area contributed by atoms with Gasteiger partial charge in [0.05, 0.1) is 6.61 Å². The summed E-state index contributed by atoms with van der Waals surface area (Å²) in [5, 5.41) is 0. The Hall–Kier alpha value is -4.39. The van der Waals surface area contributed by atoms with Gasteiger partial charge in [0, 0.05) is 43.7 Å². The summed E-state index contributed by atoms with van der Waals surface area (Å²) in [7, 11) is 0. The Morgan fingerprint density at radius 1 is 0.868 bits per heavy atom. The molecule has 0 N–H and O–H groups in total. The minimum absolute atomic E-state index is 0.305. The number of amides is 1. The maximum Gasteiger partial charge on any atom is 0.415 e. The molecular weight excluding hydrogens is 478 g/mol. The van der Waals surface area contributed by atoms with Gasteiger partial charge in [0.2, 0.25) is 5.88 Å². The summed E-state index contributed by atoms with van der Waals surface area (Å²) in [6.45, 7) is 3.94. The number of rotatable bonds is 8. The second kappa shape index (κ2) is 12.2. The topological polar surface area (TPSA) is 73.8 Å². The van der Waals surface area contributed by atoms with E-state index < -0.39 is 0 Å². The first-order chi connectivity index (χ1) is 18.6. The Balaban J connectivity index is 1.03. The fourth-order valence-electron chi connectivity index (χ4n) is 4.28. The smallest absolute Gasteiger partial charge is 0.415 e. The van der Waals surface area contributed by atoms with E-state index in [4.69, 9.17) is 14.2 Å². The van der Waals surface area contributed by atoms with E-state index in [1.165, 1.54) is 0 Å². The van der Waals surface area contributed by atoms with Crippen LogP contribution in [0.25, 0.3) is 0 Å². The third kappa shape index (κ3) is 7.09. The molecule has 1 aliphatic rings. The molecule has 3 heterocycles. The number of carbonyl (C=O) groups is 1. The quantitative estimate of drug-likeness (QED) is 0.271. The van der Waals surface area contributed by atoms with Crippen LogP contribution in [0.4, 0.5) is 4.79 Å². The number of likely N-dealkylation sites (tertiary alicyclic amines) is 1. The molecule has 0 unspecified atom stereocenters. The number of pyridine rings is 2. The number of hydrogen-bond acceptors (Lipinski definition) is 6. The molecule has 0 aliphatic carbocycles. The number of carbonyl (C=O) groups excluding carboxylic acids is 1. The first kappa shape index (κ1) is 25.3. The monoisotopic (exact) mass is 509 g/mol. The summed E-state index contributed by atoms with van der Waals surface area (Å²) in [5.41, 5.74) is 3.28. The van der Waals surface area contributed by atoms with E-state index in [9.17, 15) is 4.79 Å². The number of benzene rings is 2. The van der Waals surface area contributed by atoms with Crippen LogP contribution in [0, 0.1) is 12.8 Å². The predicted octanol–water partition coefficient (Wildman–Crippen LogP) is 6.46. The van der Waals surface area contributed by atoms with Gasteiger partial charge in [-0.2, -0.15) is 0 Å². The fourth-order valence-corrected chi connectivity index (χ4v) is 4.28. The standard InChI is InChI=1S/C31H31N3O4/c1-23-5-8-26(33-21-23)20-24-6-9-29(10-7-24)38-31(35)34-18-15-25(16-19-34)22-36-27-11-13-28(14-12-27)37-30-4-2-3-17-32-30/h2-14,17,21,25H,15-16,18-20,22H2,1H3. The second-order valence-electron chi connectivity index (χ2n) is 9.50. The van der Waals surface area contributed by atoms with Crippen molar-refractivity contribution >= 4 is 6.09 Å². The minimum atomic E-state index is -0.305. The number of aromatic nitrogens is 2. The molecule has 1 saturated heterocycles. The van der Waals surface area contributed by atoms with Gasteiger partial charge >= 0.3 is 6.09 Å². The molecule has 0 saturated carbocycles. The number of piperidine rings is 1. The van der Waals surface area contributed by atoms with Crippen LogP contribution < -0.4 is 14.2 Å². The predicted molar refractivity (Wildman–Crippen MR) is 145 cm³/mol. The highest BCUT2D eigenvalue weighted by atomic mass is 16.6. The van der Waals surface area contributed by atoms with E-state index in [0.29, 0.717) is 43.0 Å². The van der Waals surface area contributed by atoms with Crippen molar-refractivity contribution in [3.8, 4) is 23.1 Å². The second-order valence-corrected chi connectivity index (χ2v) is 9.50. The van der Waals surface area contributed by atoms with Gasteiger partial charge in [-0.1, -0.05) is 24.3 Å². The molecule has 0 spiro atoms. The van der Waals surface area contributed by atoms with Crippen LogP contribution in [0.5, 0.6) is 23.1 Å². The maximum absolute atomic E-state index is 12.7. The van der Waals surface area contributed by atoms with Gasteiger partial charge in [0.25, 0.3) is 0 Å². The molecule has 1 aliphatic heterocycles. The first-order valence-electron chi connectivity index (χ1n) is 12.9. The van der Waals surface area contributed by atoms with Gasteiger partial charge in [0.15, 0.2) is 0 Å². The normalized spacial score (nSPS) is 13.7. The Morgan fingerprint density at radius 2 is 1.61 bits per heavy atom. The molecule has 0 bridgehead atoms.